The molecule has 0 saturated carbocycles. The summed E-state index contributed by atoms with van der Waals surface area (Å²) in [5.74, 6) is 1.54. The first kappa shape index (κ1) is 14.5. The fraction of sp³-hybridized carbons (Fsp3) is 0.857. The Kier molecular flexibility index (Phi) is 5.79. The third kappa shape index (κ3) is 4.28. The van der Waals surface area contributed by atoms with Crippen LogP contribution in [0.15, 0.2) is 4.52 Å². The SMILES string of the molecule is CCCCc1nc(CN2CCCCC2CCO)no1. The number of hydrogen-bond acceptors (Lipinski definition) is 5. The van der Waals surface area contributed by atoms with Gasteiger partial charge in [-0.3, -0.25) is 4.90 Å². The van der Waals surface area contributed by atoms with Gasteiger partial charge in [0, 0.05) is 19.1 Å². The Morgan fingerprint density at radius 1 is 1.42 bits per heavy atom. The van der Waals surface area contributed by atoms with Gasteiger partial charge in [0.2, 0.25) is 5.89 Å². The normalized spacial score (nSPS) is 20.8. The van der Waals surface area contributed by atoms with Crippen LogP contribution in [0.2, 0.25) is 0 Å². The van der Waals surface area contributed by atoms with Crippen LogP contribution in [0, 0.1) is 0 Å². The molecule has 108 valence electrons. The fourth-order valence-corrected chi connectivity index (χ4v) is 2.71. The van der Waals surface area contributed by atoms with Gasteiger partial charge in [-0.2, -0.15) is 4.98 Å². The van der Waals surface area contributed by atoms with Crippen LogP contribution in [0.4, 0.5) is 0 Å². The number of piperidine rings is 1. The molecule has 0 aromatic carbocycles. The lowest BCUT2D eigenvalue weighted by Gasteiger charge is -2.34. The van der Waals surface area contributed by atoms with E-state index in [1.165, 1.54) is 19.3 Å². The summed E-state index contributed by atoms with van der Waals surface area (Å²) in [5.41, 5.74) is 0. The van der Waals surface area contributed by atoms with Crippen molar-refractivity contribution in [3.05, 3.63) is 11.7 Å². The largest absolute Gasteiger partial charge is 0.396 e. The molecule has 1 fully saturated rings. The number of aliphatic hydroxyl groups excluding tert-OH is 1. The monoisotopic (exact) mass is 267 g/mol. The Morgan fingerprint density at radius 2 is 2.32 bits per heavy atom. The Labute approximate surface area is 115 Å². The molecule has 1 atom stereocenters. The van der Waals surface area contributed by atoms with Crippen molar-refractivity contribution >= 4 is 0 Å². The lowest BCUT2D eigenvalue weighted by molar-refractivity contribution is 0.109. The lowest BCUT2D eigenvalue weighted by atomic mass is 10.00. The average molecular weight is 267 g/mol. The average Bonchev–Trinajstić information content (AvgIpc) is 2.87. The van der Waals surface area contributed by atoms with Crippen molar-refractivity contribution in [1.29, 1.82) is 0 Å². The zero-order valence-corrected chi connectivity index (χ0v) is 11.8. The first-order chi connectivity index (χ1) is 9.33. The highest BCUT2D eigenvalue weighted by Crippen LogP contribution is 2.21. The second kappa shape index (κ2) is 7.60. The minimum atomic E-state index is 0.259. The quantitative estimate of drug-likeness (QED) is 0.820. The number of likely N-dealkylation sites (tertiary alicyclic amines) is 1. The third-order valence-electron chi connectivity index (χ3n) is 3.81. The standard InChI is InChI=1S/C14H25N3O2/c1-2-3-7-14-15-13(16-19-14)11-17-9-5-4-6-12(17)8-10-18/h12,18H,2-11H2,1H3. The topological polar surface area (TPSA) is 62.4 Å². The molecule has 1 N–H and O–H groups in total. The van der Waals surface area contributed by atoms with Crippen molar-refractivity contribution < 1.29 is 9.63 Å². The van der Waals surface area contributed by atoms with Gasteiger partial charge in [-0.15, -0.1) is 0 Å². The van der Waals surface area contributed by atoms with E-state index in [-0.39, 0.29) is 6.61 Å². The minimum Gasteiger partial charge on any atom is -0.396 e. The van der Waals surface area contributed by atoms with Gasteiger partial charge < -0.3 is 9.63 Å². The lowest BCUT2D eigenvalue weighted by Crippen LogP contribution is -2.39. The van der Waals surface area contributed by atoms with Gasteiger partial charge in [0.25, 0.3) is 0 Å². The summed E-state index contributed by atoms with van der Waals surface area (Å²) in [7, 11) is 0. The Balaban J connectivity index is 1.89. The maximum atomic E-state index is 9.13. The van der Waals surface area contributed by atoms with Crippen LogP contribution in [-0.4, -0.2) is 39.3 Å². The maximum absolute atomic E-state index is 9.13. The van der Waals surface area contributed by atoms with Gasteiger partial charge in [0.1, 0.15) is 0 Å². The summed E-state index contributed by atoms with van der Waals surface area (Å²) in [5, 5.41) is 13.2. The number of aryl methyl sites for hydroxylation is 1. The molecular weight excluding hydrogens is 242 g/mol. The summed E-state index contributed by atoms with van der Waals surface area (Å²) < 4.78 is 5.27. The number of unbranched alkanes of at least 4 members (excludes halogenated alkanes) is 1. The van der Waals surface area contributed by atoms with Crippen LogP contribution in [0.3, 0.4) is 0 Å². The molecular formula is C14H25N3O2. The zero-order valence-electron chi connectivity index (χ0n) is 11.8. The van der Waals surface area contributed by atoms with E-state index in [0.29, 0.717) is 6.04 Å². The molecule has 5 heteroatoms. The molecule has 0 spiro atoms. The molecule has 1 saturated heterocycles. The van der Waals surface area contributed by atoms with E-state index in [9.17, 15) is 0 Å². The number of rotatable bonds is 7. The van der Waals surface area contributed by atoms with Crippen LogP contribution in [0.5, 0.6) is 0 Å². The van der Waals surface area contributed by atoms with Crippen molar-refractivity contribution in [1.82, 2.24) is 15.0 Å². The third-order valence-corrected chi connectivity index (χ3v) is 3.81. The number of aromatic nitrogens is 2. The van der Waals surface area contributed by atoms with Gasteiger partial charge >= 0.3 is 0 Å². The number of nitrogens with zero attached hydrogens (tertiary/aromatic N) is 3. The summed E-state index contributed by atoms with van der Waals surface area (Å²) in [4.78, 5) is 6.84. The molecule has 2 rings (SSSR count). The van der Waals surface area contributed by atoms with Crippen LogP contribution in [-0.2, 0) is 13.0 Å². The van der Waals surface area contributed by atoms with Crippen molar-refractivity contribution in [2.45, 2.75) is 64.5 Å². The predicted molar refractivity (Wildman–Crippen MR) is 72.7 cm³/mol. The molecule has 2 heterocycles. The summed E-state index contributed by atoms with van der Waals surface area (Å²) in [6.45, 7) is 4.24. The highest BCUT2D eigenvalue weighted by atomic mass is 16.5. The van der Waals surface area contributed by atoms with Crippen LogP contribution in [0.1, 0.15) is 57.2 Å². The van der Waals surface area contributed by atoms with Gasteiger partial charge in [0.15, 0.2) is 5.82 Å². The van der Waals surface area contributed by atoms with Gasteiger partial charge in [-0.1, -0.05) is 24.9 Å². The van der Waals surface area contributed by atoms with Gasteiger partial charge in [-0.25, -0.2) is 0 Å². The molecule has 1 aliphatic heterocycles. The molecule has 1 aromatic rings. The Morgan fingerprint density at radius 3 is 3.11 bits per heavy atom. The molecule has 0 aliphatic carbocycles. The first-order valence-corrected chi connectivity index (χ1v) is 7.50. The minimum absolute atomic E-state index is 0.259. The maximum Gasteiger partial charge on any atom is 0.226 e. The molecule has 1 aliphatic rings. The van der Waals surface area contributed by atoms with E-state index in [0.717, 1.165) is 50.5 Å². The molecule has 19 heavy (non-hydrogen) atoms. The van der Waals surface area contributed by atoms with Gasteiger partial charge in [0.05, 0.1) is 6.54 Å². The second-order valence-electron chi connectivity index (χ2n) is 5.34. The molecule has 0 radical (unpaired) electrons. The Bertz CT molecular complexity index is 365. The highest BCUT2D eigenvalue weighted by molar-refractivity contribution is 4.89. The zero-order chi connectivity index (χ0) is 13.5. The molecule has 0 bridgehead atoms. The Hall–Kier alpha value is -0.940. The van der Waals surface area contributed by atoms with E-state index in [4.69, 9.17) is 9.63 Å². The van der Waals surface area contributed by atoms with E-state index in [1.54, 1.807) is 0 Å². The summed E-state index contributed by atoms with van der Waals surface area (Å²) in [6, 6.07) is 0.469. The molecule has 1 unspecified atom stereocenters. The van der Waals surface area contributed by atoms with Crippen molar-refractivity contribution in [3.63, 3.8) is 0 Å². The van der Waals surface area contributed by atoms with Crippen molar-refractivity contribution in [3.8, 4) is 0 Å². The summed E-state index contributed by atoms with van der Waals surface area (Å²) in [6.07, 6.45) is 7.61. The van der Waals surface area contributed by atoms with Crippen LogP contribution < -0.4 is 0 Å². The van der Waals surface area contributed by atoms with E-state index < -0.39 is 0 Å². The van der Waals surface area contributed by atoms with Crippen molar-refractivity contribution in [2.75, 3.05) is 13.2 Å². The van der Waals surface area contributed by atoms with Gasteiger partial charge in [-0.05, 0) is 32.2 Å². The van der Waals surface area contributed by atoms with E-state index >= 15 is 0 Å². The second-order valence-corrected chi connectivity index (χ2v) is 5.34. The number of aliphatic hydroxyl groups is 1. The number of hydrogen-bond donors (Lipinski definition) is 1. The fourth-order valence-electron chi connectivity index (χ4n) is 2.71. The van der Waals surface area contributed by atoms with Crippen LogP contribution >= 0.6 is 0 Å². The molecule has 0 amide bonds. The highest BCUT2D eigenvalue weighted by Gasteiger charge is 2.23. The molecule has 5 nitrogen and oxygen atoms in total. The van der Waals surface area contributed by atoms with E-state index in [1.807, 2.05) is 0 Å². The molecule has 1 aromatic heterocycles. The smallest absolute Gasteiger partial charge is 0.226 e. The summed E-state index contributed by atoms with van der Waals surface area (Å²) >= 11 is 0. The van der Waals surface area contributed by atoms with Crippen molar-refractivity contribution in [2.24, 2.45) is 0 Å². The first-order valence-electron chi connectivity index (χ1n) is 7.50. The van der Waals surface area contributed by atoms with E-state index in [2.05, 4.69) is 22.0 Å². The predicted octanol–water partition coefficient (Wildman–Crippen LogP) is 2.15. The van der Waals surface area contributed by atoms with Crippen LogP contribution in [0.25, 0.3) is 0 Å².